The topological polar surface area (TPSA) is 186 Å². The molecule has 2 unspecified atom stereocenters. The van der Waals surface area contributed by atoms with Gasteiger partial charge in [0.05, 0.1) is 6.04 Å². The Morgan fingerprint density at radius 3 is 2.33 bits per heavy atom. The summed E-state index contributed by atoms with van der Waals surface area (Å²) >= 11 is 0. The zero-order valence-corrected chi connectivity index (χ0v) is 13.4. The minimum absolute atomic E-state index is 0.134. The molecule has 0 radical (unpaired) electrons. The van der Waals surface area contributed by atoms with E-state index < -0.39 is 23.9 Å². The van der Waals surface area contributed by atoms with Gasteiger partial charge in [0.2, 0.25) is 11.8 Å². The fourth-order valence-corrected chi connectivity index (χ4v) is 2.07. The van der Waals surface area contributed by atoms with Gasteiger partial charge in [-0.3, -0.25) is 15.0 Å². The van der Waals surface area contributed by atoms with E-state index >= 15 is 0 Å². The number of nitrogens with two attached hydrogens (primary N) is 4. The molecule has 2 amide bonds. The first-order valence-electron chi connectivity index (χ1n) is 7.57. The van der Waals surface area contributed by atoms with Crippen molar-refractivity contribution >= 4 is 23.5 Å². The molecule has 132 valence electrons. The van der Waals surface area contributed by atoms with Gasteiger partial charge < -0.3 is 33.6 Å². The molecule has 1 rings (SSSR count). The summed E-state index contributed by atoms with van der Waals surface area (Å²) in [7, 11) is 0. The monoisotopic (exact) mass is 335 g/mol. The van der Waals surface area contributed by atoms with Crippen molar-refractivity contribution in [1.29, 1.82) is 5.41 Å². The molecule has 1 aromatic rings. The third-order valence-electron chi connectivity index (χ3n) is 3.42. The second kappa shape index (κ2) is 9.36. The molecular formula is C15H25N7O2. The summed E-state index contributed by atoms with van der Waals surface area (Å²) in [4.78, 5) is 23.6. The van der Waals surface area contributed by atoms with Gasteiger partial charge in [-0.05, 0) is 30.5 Å². The lowest BCUT2D eigenvalue weighted by molar-refractivity contribution is -0.128. The van der Waals surface area contributed by atoms with Crippen LogP contribution in [0.2, 0.25) is 0 Å². The number of primary amides is 1. The van der Waals surface area contributed by atoms with Crippen LogP contribution in [0, 0.1) is 5.41 Å². The molecule has 11 N–H and O–H groups in total. The third kappa shape index (κ3) is 6.97. The highest BCUT2D eigenvalue weighted by molar-refractivity contribution is 5.89. The molecule has 24 heavy (non-hydrogen) atoms. The number of guanidine groups is 1. The Kier molecular flexibility index (Phi) is 7.50. The quantitative estimate of drug-likeness (QED) is 0.123. The smallest absolute Gasteiger partial charge is 0.240 e. The number of carbonyl (C=O) groups is 2. The van der Waals surface area contributed by atoms with Crippen LogP contribution in [0.15, 0.2) is 24.3 Å². The van der Waals surface area contributed by atoms with Gasteiger partial charge in [0, 0.05) is 18.7 Å². The number of hydrogen-bond donors (Lipinski definition) is 7. The van der Waals surface area contributed by atoms with Gasteiger partial charge in [-0.15, -0.1) is 0 Å². The molecule has 0 aliphatic carbocycles. The minimum atomic E-state index is -0.845. The zero-order valence-electron chi connectivity index (χ0n) is 13.4. The first-order valence-corrected chi connectivity index (χ1v) is 7.57. The van der Waals surface area contributed by atoms with E-state index in [0.717, 1.165) is 5.56 Å². The first-order chi connectivity index (χ1) is 11.3. The fourth-order valence-electron chi connectivity index (χ4n) is 2.07. The number of nitrogen functional groups attached to an aromatic ring is 1. The Morgan fingerprint density at radius 1 is 1.17 bits per heavy atom. The van der Waals surface area contributed by atoms with Crippen LogP contribution in [0.5, 0.6) is 0 Å². The van der Waals surface area contributed by atoms with Crippen molar-refractivity contribution in [3.05, 3.63) is 29.8 Å². The summed E-state index contributed by atoms with van der Waals surface area (Å²) in [5.41, 5.74) is 23.4. The molecule has 9 heteroatoms. The Labute approximate surface area is 140 Å². The van der Waals surface area contributed by atoms with Gasteiger partial charge in [0.15, 0.2) is 5.96 Å². The molecule has 0 saturated heterocycles. The summed E-state index contributed by atoms with van der Waals surface area (Å²) in [5, 5.41) is 12.2. The van der Waals surface area contributed by atoms with Crippen LogP contribution in [0.4, 0.5) is 5.69 Å². The van der Waals surface area contributed by atoms with Crippen molar-refractivity contribution in [1.82, 2.24) is 10.6 Å². The molecule has 0 saturated carbocycles. The Morgan fingerprint density at radius 2 is 1.79 bits per heavy atom. The normalized spacial score (nSPS) is 12.9. The standard InChI is InChI=1S/C15H25N7O2/c16-10-5-3-9(4-6-10)8-12(13(18)23)22-14(24)11(17)2-1-7-21-15(19)20/h3-6,11-12H,1-2,7-8,16-17H2,(H2,18,23)(H,22,24)(H4,19,20,21). The molecule has 0 aliphatic rings. The van der Waals surface area contributed by atoms with Crippen molar-refractivity contribution in [2.24, 2.45) is 17.2 Å². The van der Waals surface area contributed by atoms with E-state index in [4.69, 9.17) is 28.3 Å². The van der Waals surface area contributed by atoms with Gasteiger partial charge in [-0.25, -0.2) is 0 Å². The first kappa shape index (κ1) is 19.2. The fraction of sp³-hybridized carbons (Fsp3) is 0.400. The average Bonchev–Trinajstić information content (AvgIpc) is 2.52. The zero-order chi connectivity index (χ0) is 18.1. The maximum Gasteiger partial charge on any atom is 0.240 e. The average molecular weight is 335 g/mol. The third-order valence-corrected chi connectivity index (χ3v) is 3.42. The van der Waals surface area contributed by atoms with Crippen molar-refractivity contribution in [3.8, 4) is 0 Å². The number of nitrogens with one attached hydrogen (secondary N) is 3. The lowest BCUT2D eigenvalue weighted by Crippen LogP contribution is -2.51. The van der Waals surface area contributed by atoms with Crippen LogP contribution in [-0.2, 0) is 16.0 Å². The molecule has 0 heterocycles. The van der Waals surface area contributed by atoms with Crippen LogP contribution in [0.1, 0.15) is 18.4 Å². The van der Waals surface area contributed by atoms with E-state index in [0.29, 0.717) is 25.1 Å². The van der Waals surface area contributed by atoms with Crippen LogP contribution >= 0.6 is 0 Å². The number of amides is 2. The molecule has 0 spiro atoms. The molecule has 0 aromatic heterocycles. The summed E-state index contributed by atoms with van der Waals surface area (Å²) < 4.78 is 0. The van der Waals surface area contributed by atoms with Gasteiger partial charge >= 0.3 is 0 Å². The number of hydrogen-bond acceptors (Lipinski definition) is 5. The van der Waals surface area contributed by atoms with E-state index in [2.05, 4.69) is 10.6 Å². The van der Waals surface area contributed by atoms with E-state index in [9.17, 15) is 9.59 Å². The number of anilines is 1. The Hall–Kier alpha value is -2.81. The van der Waals surface area contributed by atoms with Crippen molar-refractivity contribution < 1.29 is 9.59 Å². The molecule has 0 bridgehead atoms. The van der Waals surface area contributed by atoms with E-state index in [1.54, 1.807) is 24.3 Å². The summed E-state index contributed by atoms with van der Waals surface area (Å²) in [6, 6.07) is 5.34. The Bertz CT molecular complexity index is 574. The molecule has 2 atom stereocenters. The van der Waals surface area contributed by atoms with Crippen LogP contribution < -0.4 is 33.6 Å². The van der Waals surface area contributed by atoms with E-state index in [1.165, 1.54) is 0 Å². The lowest BCUT2D eigenvalue weighted by atomic mass is 10.0. The maximum atomic E-state index is 12.1. The SMILES string of the molecule is N=C(N)NCCCC(N)C(=O)NC(Cc1ccc(N)cc1)C(N)=O. The highest BCUT2D eigenvalue weighted by Gasteiger charge is 2.22. The summed E-state index contributed by atoms with van der Waals surface area (Å²) in [6.07, 6.45) is 1.22. The van der Waals surface area contributed by atoms with Gasteiger partial charge in [-0.1, -0.05) is 12.1 Å². The van der Waals surface area contributed by atoms with Gasteiger partial charge in [-0.2, -0.15) is 0 Å². The molecule has 1 aromatic carbocycles. The summed E-state index contributed by atoms with van der Waals surface area (Å²) in [6.45, 7) is 0.445. The summed E-state index contributed by atoms with van der Waals surface area (Å²) in [5.74, 6) is -1.21. The molecule has 0 aliphatic heterocycles. The lowest BCUT2D eigenvalue weighted by Gasteiger charge is -2.19. The van der Waals surface area contributed by atoms with Crippen LogP contribution in [0.25, 0.3) is 0 Å². The van der Waals surface area contributed by atoms with Gasteiger partial charge in [0.25, 0.3) is 0 Å². The van der Waals surface area contributed by atoms with Crippen molar-refractivity contribution in [2.75, 3.05) is 12.3 Å². The number of rotatable bonds is 9. The highest BCUT2D eigenvalue weighted by atomic mass is 16.2. The molecular weight excluding hydrogens is 310 g/mol. The van der Waals surface area contributed by atoms with E-state index in [-0.39, 0.29) is 12.4 Å². The predicted octanol–water partition coefficient (Wildman–Crippen LogP) is -1.63. The maximum absolute atomic E-state index is 12.1. The van der Waals surface area contributed by atoms with Crippen molar-refractivity contribution in [3.63, 3.8) is 0 Å². The van der Waals surface area contributed by atoms with E-state index in [1.807, 2.05) is 0 Å². The van der Waals surface area contributed by atoms with Crippen molar-refractivity contribution in [2.45, 2.75) is 31.3 Å². The second-order valence-electron chi connectivity index (χ2n) is 5.50. The minimum Gasteiger partial charge on any atom is -0.399 e. The largest absolute Gasteiger partial charge is 0.399 e. The second-order valence-corrected chi connectivity index (χ2v) is 5.50. The van der Waals surface area contributed by atoms with Gasteiger partial charge in [0.1, 0.15) is 6.04 Å². The Balaban J connectivity index is 2.51. The predicted molar refractivity (Wildman–Crippen MR) is 92.8 cm³/mol. The van der Waals surface area contributed by atoms with Crippen LogP contribution in [-0.4, -0.2) is 36.4 Å². The highest BCUT2D eigenvalue weighted by Crippen LogP contribution is 2.08. The number of carbonyl (C=O) groups excluding carboxylic acids is 2. The molecule has 0 fully saturated rings. The number of benzene rings is 1. The van der Waals surface area contributed by atoms with Crippen LogP contribution in [0.3, 0.4) is 0 Å². The molecule has 9 nitrogen and oxygen atoms in total.